The van der Waals surface area contributed by atoms with E-state index in [1.807, 2.05) is 13.1 Å². The summed E-state index contributed by atoms with van der Waals surface area (Å²) in [6.07, 6.45) is 1.28. The van der Waals surface area contributed by atoms with E-state index < -0.39 is 0 Å². The first-order valence-corrected chi connectivity index (χ1v) is 6.76. The quantitative estimate of drug-likeness (QED) is 0.886. The van der Waals surface area contributed by atoms with Gasteiger partial charge >= 0.3 is 0 Å². The maximum Gasteiger partial charge on any atom is 0.125 e. The molecule has 0 amide bonds. The molecule has 2 unspecified atom stereocenters. The molecule has 1 N–H and O–H groups in total. The van der Waals surface area contributed by atoms with Gasteiger partial charge in [0.1, 0.15) is 5.75 Å². The standard InChI is InChI=1S/C15H24N2O/c1-11-8-9-17(10-11)13-6-5-7-14(18-4)15(13)12(2)16-3/h5-7,11-12,16H,8-10H2,1-4H3. The van der Waals surface area contributed by atoms with E-state index in [0.717, 1.165) is 24.8 Å². The van der Waals surface area contributed by atoms with Crippen molar-refractivity contribution in [1.29, 1.82) is 0 Å². The van der Waals surface area contributed by atoms with Gasteiger partial charge in [-0.25, -0.2) is 0 Å². The monoisotopic (exact) mass is 248 g/mol. The van der Waals surface area contributed by atoms with Gasteiger partial charge in [0.25, 0.3) is 0 Å². The van der Waals surface area contributed by atoms with Crippen LogP contribution in [0.1, 0.15) is 31.9 Å². The van der Waals surface area contributed by atoms with Gasteiger partial charge in [0.2, 0.25) is 0 Å². The Morgan fingerprint density at radius 1 is 1.44 bits per heavy atom. The van der Waals surface area contributed by atoms with Crippen LogP contribution in [-0.2, 0) is 0 Å². The Labute approximate surface area is 110 Å². The molecule has 100 valence electrons. The summed E-state index contributed by atoms with van der Waals surface area (Å²) in [6.45, 7) is 6.80. The van der Waals surface area contributed by atoms with Gasteiger partial charge in [0, 0.05) is 30.4 Å². The van der Waals surface area contributed by atoms with Gasteiger partial charge in [-0.05, 0) is 38.4 Å². The highest BCUT2D eigenvalue weighted by atomic mass is 16.5. The second-order valence-electron chi connectivity index (χ2n) is 5.24. The Balaban J connectivity index is 2.39. The number of nitrogens with one attached hydrogen (secondary N) is 1. The summed E-state index contributed by atoms with van der Waals surface area (Å²) in [4.78, 5) is 2.48. The van der Waals surface area contributed by atoms with Crippen molar-refractivity contribution in [2.75, 3.05) is 32.1 Å². The van der Waals surface area contributed by atoms with Crippen LogP contribution in [0.25, 0.3) is 0 Å². The van der Waals surface area contributed by atoms with Crippen LogP contribution in [-0.4, -0.2) is 27.2 Å². The van der Waals surface area contributed by atoms with Crippen LogP contribution in [0.15, 0.2) is 18.2 Å². The summed E-state index contributed by atoms with van der Waals surface area (Å²) in [5.74, 6) is 1.77. The molecule has 0 spiro atoms. The highest BCUT2D eigenvalue weighted by Gasteiger charge is 2.24. The largest absolute Gasteiger partial charge is 0.496 e. The normalized spacial score (nSPS) is 21.1. The fourth-order valence-corrected chi connectivity index (χ4v) is 2.72. The Hall–Kier alpha value is -1.22. The second-order valence-corrected chi connectivity index (χ2v) is 5.24. The Kier molecular flexibility index (Phi) is 4.12. The molecule has 0 aromatic heterocycles. The van der Waals surface area contributed by atoms with Crippen LogP contribution in [0, 0.1) is 5.92 Å². The van der Waals surface area contributed by atoms with Gasteiger partial charge in [-0.15, -0.1) is 0 Å². The number of hydrogen-bond donors (Lipinski definition) is 1. The number of ether oxygens (including phenoxy) is 1. The minimum atomic E-state index is 0.298. The van der Waals surface area contributed by atoms with Crippen molar-refractivity contribution in [3.63, 3.8) is 0 Å². The first-order chi connectivity index (χ1) is 8.67. The van der Waals surface area contributed by atoms with E-state index in [9.17, 15) is 0 Å². The van der Waals surface area contributed by atoms with Gasteiger partial charge in [-0.3, -0.25) is 0 Å². The Bertz CT molecular complexity index is 405. The van der Waals surface area contributed by atoms with Gasteiger partial charge in [0.15, 0.2) is 0 Å². The van der Waals surface area contributed by atoms with Crippen molar-refractivity contribution in [2.24, 2.45) is 5.92 Å². The van der Waals surface area contributed by atoms with Gasteiger partial charge in [-0.2, -0.15) is 0 Å². The molecular formula is C15H24N2O. The highest BCUT2D eigenvalue weighted by Crippen LogP contribution is 2.36. The summed E-state index contributed by atoms with van der Waals surface area (Å²) in [5.41, 5.74) is 2.59. The van der Waals surface area contributed by atoms with Gasteiger partial charge < -0.3 is 15.0 Å². The van der Waals surface area contributed by atoms with Crippen LogP contribution >= 0.6 is 0 Å². The van der Waals surface area contributed by atoms with Gasteiger partial charge in [0.05, 0.1) is 7.11 Å². The van der Waals surface area contributed by atoms with E-state index in [-0.39, 0.29) is 0 Å². The molecule has 0 radical (unpaired) electrons. The summed E-state index contributed by atoms with van der Waals surface area (Å²) < 4.78 is 5.53. The van der Waals surface area contributed by atoms with Crippen molar-refractivity contribution in [2.45, 2.75) is 26.3 Å². The average Bonchev–Trinajstić information content (AvgIpc) is 2.83. The SMILES string of the molecule is CNC(C)c1c(OC)cccc1N1CCC(C)C1. The smallest absolute Gasteiger partial charge is 0.125 e. The van der Waals surface area contributed by atoms with Crippen molar-refractivity contribution >= 4 is 5.69 Å². The molecule has 0 aliphatic carbocycles. The molecule has 0 saturated carbocycles. The molecule has 3 heteroatoms. The Morgan fingerprint density at radius 3 is 2.78 bits per heavy atom. The van der Waals surface area contributed by atoms with Crippen molar-refractivity contribution < 1.29 is 4.74 Å². The molecule has 1 saturated heterocycles. The predicted octanol–water partition coefficient (Wildman–Crippen LogP) is 2.82. The fraction of sp³-hybridized carbons (Fsp3) is 0.600. The number of nitrogens with zero attached hydrogens (tertiary/aromatic N) is 1. The van der Waals surface area contributed by atoms with Crippen LogP contribution < -0.4 is 15.0 Å². The lowest BCUT2D eigenvalue weighted by atomic mass is 10.0. The number of anilines is 1. The zero-order valence-electron chi connectivity index (χ0n) is 11.9. The molecule has 2 atom stereocenters. The average molecular weight is 248 g/mol. The molecule has 18 heavy (non-hydrogen) atoms. The second kappa shape index (κ2) is 5.61. The molecule has 0 bridgehead atoms. The van der Waals surface area contributed by atoms with Crippen LogP contribution in [0.2, 0.25) is 0 Å². The van der Waals surface area contributed by atoms with E-state index in [1.165, 1.54) is 17.7 Å². The van der Waals surface area contributed by atoms with E-state index in [2.05, 4.69) is 36.2 Å². The van der Waals surface area contributed by atoms with Crippen molar-refractivity contribution in [1.82, 2.24) is 5.32 Å². The lowest BCUT2D eigenvalue weighted by Crippen LogP contribution is -2.23. The summed E-state index contributed by atoms with van der Waals surface area (Å²) in [6, 6.07) is 6.64. The number of hydrogen-bond acceptors (Lipinski definition) is 3. The van der Waals surface area contributed by atoms with Crippen LogP contribution in [0.4, 0.5) is 5.69 Å². The zero-order valence-corrected chi connectivity index (χ0v) is 11.9. The molecule has 2 rings (SSSR count). The molecule has 1 aliphatic rings. The first-order valence-electron chi connectivity index (χ1n) is 6.76. The first kappa shape index (κ1) is 13.2. The zero-order chi connectivity index (χ0) is 13.1. The molecular weight excluding hydrogens is 224 g/mol. The topological polar surface area (TPSA) is 24.5 Å². The van der Waals surface area contributed by atoms with E-state index in [1.54, 1.807) is 7.11 Å². The van der Waals surface area contributed by atoms with E-state index >= 15 is 0 Å². The molecule has 1 fully saturated rings. The van der Waals surface area contributed by atoms with Gasteiger partial charge in [-0.1, -0.05) is 13.0 Å². The maximum absolute atomic E-state index is 5.53. The van der Waals surface area contributed by atoms with Crippen molar-refractivity contribution in [3.05, 3.63) is 23.8 Å². The van der Waals surface area contributed by atoms with Crippen LogP contribution in [0.3, 0.4) is 0 Å². The third kappa shape index (κ3) is 2.46. The van der Waals surface area contributed by atoms with E-state index in [4.69, 9.17) is 4.74 Å². The molecule has 3 nitrogen and oxygen atoms in total. The Morgan fingerprint density at radius 2 is 2.22 bits per heavy atom. The molecule has 1 aromatic rings. The minimum absolute atomic E-state index is 0.298. The fourth-order valence-electron chi connectivity index (χ4n) is 2.72. The predicted molar refractivity (Wildman–Crippen MR) is 76.5 cm³/mol. The summed E-state index contributed by atoms with van der Waals surface area (Å²) in [7, 11) is 3.74. The third-order valence-electron chi connectivity index (χ3n) is 3.89. The summed E-state index contributed by atoms with van der Waals surface area (Å²) in [5, 5.41) is 3.32. The molecule has 1 heterocycles. The number of methoxy groups -OCH3 is 1. The maximum atomic E-state index is 5.53. The lowest BCUT2D eigenvalue weighted by Gasteiger charge is -2.26. The third-order valence-corrected chi connectivity index (χ3v) is 3.89. The molecule has 1 aromatic carbocycles. The van der Waals surface area contributed by atoms with Crippen molar-refractivity contribution in [3.8, 4) is 5.75 Å². The summed E-state index contributed by atoms with van der Waals surface area (Å²) >= 11 is 0. The number of benzene rings is 1. The minimum Gasteiger partial charge on any atom is -0.496 e. The number of rotatable bonds is 4. The van der Waals surface area contributed by atoms with E-state index in [0.29, 0.717) is 6.04 Å². The lowest BCUT2D eigenvalue weighted by molar-refractivity contribution is 0.404. The van der Waals surface area contributed by atoms with Crippen LogP contribution in [0.5, 0.6) is 5.75 Å². The highest BCUT2D eigenvalue weighted by molar-refractivity contribution is 5.61. The molecule has 1 aliphatic heterocycles.